The van der Waals surface area contributed by atoms with E-state index >= 15 is 0 Å². The minimum absolute atomic E-state index is 0.0821. The fourth-order valence-electron chi connectivity index (χ4n) is 1.54. The summed E-state index contributed by atoms with van der Waals surface area (Å²) in [5.41, 5.74) is 0. The summed E-state index contributed by atoms with van der Waals surface area (Å²) in [7, 11) is 0. The van der Waals surface area contributed by atoms with Gasteiger partial charge < -0.3 is 10.6 Å². The van der Waals surface area contributed by atoms with E-state index in [-0.39, 0.29) is 5.91 Å². The zero-order chi connectivity index (χ0) is 10.4. The molecule has 0 bridgehead atoms. The lowest BCUT2D eigenvalue weighted by atomic mass is 10.2. The highest BCUT2D eigenvalue weighted by atomic mass is 16.2. The lowest BCUT2D eigenvalue weighted by Gasteiger charge is -2.33. The number of piperazine rings is 1. The Morgan fingerprint density at radius 2 is 2.57 bits per heavy atom. The number of carbonyl (C=O) groups excluding carboxylic acids is 1. The molecule has 1 rings (SSSR count). The van der Waals surface area contributed by atoms with Crippen LogP contribution in [0.25, 0.3) is 0 Å². The van der Waals surface area contributed by atoms with Gasteiger partial charge in [-0.1, -0.05) is 6.08 Å². The molecule has 1 aliphatic heterocycles. The van der Waals surface area contributed by atoms with Crippen LogP contribution >= 0.6 is 0 Å². The van der Waals surface area contributed by atoms with Gasteiger partial charge in [0.05, 0.1) is 6.54 Å². The van der Waals surface area contributed by atoms with E-state index < -0.39 is 0 Å². The monoisotopic (exact) mass is 197 g/mol. The van der Waals surface area contributed by atoms with Gasteiger partial charge in [-0.05, 0) is 6.92 Å². The molecule has 0 aromatic heterocycles. The van der Waals surface area contributed by atoms with Crippen molar-refractivity contribution in [3.8, 4) is 0 Å². The predicted octanol–water partition coefficient (Wildman–Crippen LogP) is -0.418. The smallest absolute Gasteiger partial charge is 0.234 e. The molecule has 1 atom stereocenters. The zero-order valence-electron chi connectivity index (χ0n) is 8.75. The van der Waals surface area contributed by atoms with Gasteiger partial charge in [-0.15, -0.1) is 6.58 Å². The topological polar surface area (TPSA) is 44.4 Å². The Morgan fingerprint density at radius 3 is 3.21 bits per heavy atom. The van der Waals surface area contributed by atoms with Gasteiger partial charge in [0.15, 0.2) is 0 Å². The Labute approximate surface area is 85.3 Å². The average Bonchev–Trinajstić information content (AvgIpc) is 2.18. The molecule has 0 spiro atoms. The SMILES string of the molecule is C=CCNC(=O)CN1CCNC[C@@H]1C. The summed E-state index contributed by atoms with van der Waals surface area (Å²) in [6, 6.07) is 0.443. The first-order chi connectivity index (χ1) is 6.74. The summed E-state index contributed by atoms with van der Waals surface area (Å²) >= 11 is 0. The van der Waals surface area contributed by atoms with Crippen LogP contribution in [0.5, 0.6) is 0 Å². The number of amides is 1. The Kier molecular flexibility index (Phi) is 4.62. The van der Waals surface area contributed by atoms with Crippen LogP contribution in [-0.2, 0) is 4.79 Å². The molecule has 1 amide bonds. The molecule has 4 nitrogen and oxygen atoms in total. The Hall–Kier alpha value is -0.870. The molecule has 0 aromatic carbocycles. The first-order valence-corrected chi connectivity index (χ1v) is 5.06. The molecule has 0 radical (unpaired) electrons. The molecule has 1 fully saturated rings. The third-order valence-electron chi connectivity index (χ3n) is 2.43. The second-order valence-corrected chi connectivity index (χ2v) is 3.62. The maximum atomic E-state index is 11.4. The predicted molar refractivity (Wildman–Crippen MR) is 57.1 cm³/mol. The van der Waals surface area contributed by atoms with Crippen molar-refractivity contribution in [1.82, 2.24) is 15.5 Å². The van der Waals surface area contributed by atoms with Gasteiger partial charge in [0.2, 0.25) is 5.91 Å². The Balaban J connectivity index is 2.27. The highest BCUT2D eigenvalue weighted by molar-refractivity contribution is 5.78. The number of nitrogens with one attached hydrogen (secondary N) is 2. The number of nitrogens with zero attached hydrogens (tertiary/aromatic N) is 1. The van der Waals surface area contributed by atoms with Crippen LogP contribution in [0.3, 0.4) is 0 Å². The summed E-state index contributed by atoms with van der Waals surface area (Å²) in [4.78, 5) is 13.6. The van der Waals surface area contributed by atoms with E-state index in [2.05, 4.69) is 29.0 Å². The van der Waals surface area contributed by atoms with Gasteiger partial charge in [-0.2, -0.15) is 0 Å². The van der Waals surface area contributed by atoms with E-state index in [9.17, 15) is 4.79 Å². The standard InChI is InChI=1S/C10H19N3O/c1-3-4-12-10(14)8-13-6-5-11-7-9(13)2/h3,9,11H,1,4-8H2,2H3,(H,12,14)/t9-/m0/s1. The van der Waals surface area contributed by atoms with Gasteiger partial charge in [0, 0.05) is 32.2 Å². The summed E-state index contributed by atoms with van der Waals surface area (Å²) in [6.45, 7) is 9.62. The molecule has 4 heteroatoms. The quantitative estimate of drug-likeness (QED) is 0.602. The maximum Gasteiger partial charge on any atom is 0.234 e. The fraction of sp³-hybridized carbons (Fsp3) is 0.700. The zero-order valence-corrected chi connectivity index (χ0v) is 8.75. The molecule has 80 valence electrons. The molecule has 2 N–H and O–H groups in total. The van der Waals surface area contributed by atoms with E-state index in [4.69, 9.17) is 0 Å². The van der Waals surface area contributed by atoms with Gasteiger partial charge in [0.1, 0.15) is 0 Å². The van der Waals surface area contributed by atoms with Gasteiger partial charge >= 0.3 is 0 Å². The summed E-state index contributed by atoms with van der Waals surface area (Å²) in [6.07, 6.45) is 1.69. The first kappa shape index (κ1) is 11.2. The van der Waals surface area contributed by atoms with Gasteiger partial charge in [-0.3, -0.25) is 9.69 Å². The number of rotatable bonds is 4. The second-order valence-electron chi connectivity index (χ2n) is 3.62. The van der Waals surface area contributed by atoms with Crippen molar-refractivity contribution in [2.24, 2.45) is 0 Å². The largest absolute Gasteiger partial charge is 0.352 e. The second kappa shape index (κ2) is 5.78. The molecule has 1 aliphatic rings. The Bertz CT molecular complexity index is 206. The Morgan fingerprint density at radius 1 is 1.79 bits per heavy atom. The van der Waals surface area contributed by atoms with Crippen molar-refractivity contribution in [2.45, 2.75) is 13.0 Å². The van der Waals surface area contributed by atoms with E-state index in [1.807, 2.05) is 0 Å². The molecular weight excluding hydrogens is 178 g/mol. The first-order valence-electron chi connectivity index (χ1n) is 5.06. The number of carbonyl (C=O) groups is 1. The summed E-state index contributed by atoms with van der Waals surface area (Å²) in [5.74, 6) is 0.0821. The summed E-state index contributed by atoms with van der Waals surface area (Å²) < 4.78 is 0. The molecule has 0 aliphatic carbocycles. The molecular formula is C10H19N3O. The van der Waals surface area contributed by atoms with Crippen molar-refractivity contribution in [3.63, 3.8) is 0 Å². The normalized spacial score (nSPS) is 23.1. The van der Waals surface area contributed by atoms with Crippen molar-refractivity contribution in [2.75, 3.05) is 32.7 Å². The molecule has 0 unspecified atom stereocenters. The average molecular weight is 197 g/mol. The van der Waals surface area contributed by atoms with E-state index in [1.54, 1.807) is 6.08 Å². The van der Waals surface area contributed by atoms with Crippen LogP contribution < -0.4 is 10.6 Å². The highest BCUT2D eigenvalue weighted by Gasteiger charge is 2.19. The molecule has 14 heavy (non-hydrogen) atoms. The maximum absolute atomic E-state index is 11.4. The van der Waals surface area contributed by atoms with Crippen LogP contribution in [0.15, 0.2) is 12.7 Å². The van der Waals surface area contributed by atoms with Crippen LogP contribution in [0.1, 0.15) is 6.92 Å². The highest BCUT2D eigenvalue weighted by Crippen LogP contribution is 2.00. The number of hydrogen-bond acceptors (Lipinski definition) is 3. The van der Waals surface area contributed by atoms with Crippen LogP contribution in [0, 0.1) is 0 Å². The third-order valence-corrected chi connectivity index (χ3v) is 2.43. The van der Waals surface area contributed by atoms with Crippen molar-refractivity contribution < 1.29 is 4.79 Å². The summed E-state index contributed by atoms with van der Waals surface area (Å²) in [5, 5.41) is 6.07. The molecule has 1 saturated heterocycles. The molecule has 0 aromatic rings. The lowest BCUT2D eigenvalue weighted by Crippen LogP contribution is -2.52. The fourth-order valence-corrected chi connectivity index (χ4v) is 1.54. The van der Waals surface area contributed by atoms with Crippen LogP contribution in [0.2, 0.25) is 0 Å². The van der Waals surface area contributed by atoms with Crippen molar-refractivity contribution in [3.05, 3.63) is 12.7 Å². The molecule has 1 heterocycles. The number of hydrogen-bond donors (Lipinski definition) is 2. The minimum atomic E-state index is 0.0821. The van der Waals surface area contributed by atoms with E-state index in [1.165, 1.54) is 0 Å². The minimum Gasteiger partial charge on any atom is -0.352 e. The third kappa shape index (κ3) is 3.47. The molecule has 0 saturated carbocycles. The van der Waals surface area contributed by atoms with E-state index in [0.717, 1.165) is 19.6 Å². The van der Waals surface area contributed by atoms with Crippen molar-refractivity contribution in [1.29, 1.82) is 0 Å². The van der Waals surface area contributed by atoms with E-state index in [0.29, 0.717) is 19.1 Å². The van der Waals surface area contributed by atoms with Crippen molar-refractivity contribution >= 4 is 5.91 Å². The van der Waals surface area contributed by atoms with Crippen LogP contribution in [-0.4, -0.2) is 49.6 Å². The van der Waals surface area contributed by atoms with Gasteiger partial charge in [0.25, 0.3) is 0 Å². The van der Waals surface area contributed by atoms with Gasteiger partial charge in [-0.25, -0.2) is 0 Å². The van der Waals surface area contributed by atoms with Crippen LogP contribution in [0.4, 0.5) is 0 Å². The lowest BCUT2D eigenvalue weighted by molar-refractivity contribution is -0.122.